The number of carbonyl (C=O) groups excluding carboxylic acids is 1. The van der Waals surface area contributed by atoms with Crippen LogP contribution in [0.4, 0.5) is 0 Å². The number of carbonyl (C=O) groups is 1. The Balaban J connectivity index is 1.72. The summed E-state index contributed by atoms with van der Waals surface area (Å²) in [7, 11) is 6.02. The predicted molar refractivity (Wildman–Crippen MR) is 87.5 cm³/mol. The van der Waals surface area contributed by atoms with E-state index in [2.05, 4.69) is 19.0 Å². The van der Waals surface area contributed by atoms with Crippen molar-refractivity contribution in [2.75, 3.05) is 46.9 Å². The van der Waals surface area contributed by atoms with E-state index in [-0.39, 0.29) is 17.6 Å². The van der Waals surface area contributed by atoms with Crippen LogP contribution in [0.3, 0.4) is 0 Å². The molecule has 2 fully saturated rings. The molecule has 0 unspecified atom stereocenters. The highest BCUT2D eigenvalue weighted by molar-refractivity contribution is 5.92. The van der Waals surface area contributed by atoms with Gasteiger partial charge < -0.3 is 23.8 Å². The van der Waals surface area contributed by atoms with E-state index in [4.69, 9.17) is 9.47 Å². The third-order valence-electron chi connectivity index (χ3n) is 4.71. The van der Waals surface area contributed by atoms with Crippen LogP contribution in [0.5, 0.6) is 0 Å². The van der Waals surface area contributed by atoms with E-state index in [9.17, 15) is 4.79 Å². The van der Waals surface area contributed by atoms with Crippen molar-refractivity contribution in [3.63, 3.8) is 0 Å². The van der Waals surface area contributed by atoms with Gasteiger partial charge in [-0.1, -0.05) is 0 Å². The van der Waals surface area contributed by atoms with Gasteiger partial charge in [0.25, 0.3) is 5.91 Å². The van der Waals surface area contributed by atoms with Gasteiger partial charge in [0, 0.05) is 26.3 Å². The van der Waals surface area contributed by atoms with E-state index in [1.54, 1.807) is 0 Å². The zero-order valence-corrected chi connectivity index (χ0v) is 14.3. The number of aromatic nitrogens is 1. The topological polar surface area (TPSA) is 46.9 Å². The molecule has 1 spiro atoms. The maximum atomic E-state index is 12.8. The fraction of sp³-hybridized carbons (Fsp3) is 0.706. The molecule has 2 aliphatic heterocycles. The highest BCUT2D eigenvalue weighted by atomic mass is 16.6. The van der Waals surface area contributed by atoms with Crippen molar-refractivity contribution in [2.24, 2.45) is 7.05 Å². The second kappa shape index (κ2) is 6.63. The van der Waals surface area contributed by atoms with Crippen LogP contribution in [0.15, 0.2) is 18.3 Å². The van der Waals surface area contributed by atoms with Gasteiger partial charge in [0.05, 0.1) is 25.9 Å². The first-order chi connectivity index (χ1) is 11.0. The summed E-state index contributed by atoms with van der Waals surface area (Å²) in [4.78, 5) is 16.9. The van der Waals surface area contributed by atoms with Crippen molar-refractivity contribution in [1.82, 2.24) is 14.4 Å². The summed E-state index contributed by atoms with van der Waals surface area (Å²) in [5.74, 6) is 0.0574. The van der Waals surface area contributed by atoms with Gasteiger partial charge >= 0.3 is 0 Å². The molecule has 0 N–H and O–H groups in total. The summed E-state index contributed by atoms with van der Waals surface area (Å²) in [6.07, 6.45) is 4.09. The summed E-state index contributed by atoms with van der Waals surface area (Å²) in [5, 5.41) is 0. The van der Waals surface area contributed by atoms with E-state index < -0.39 is 0 Å². The first-order valence-electron chi connectivity index (χ1n) is 8.30. The lowest BCUT2D eigenvalue weighted by Crippen LogP contribution is -2.47. The van der Waals surface area contributed by atoms with Crippen LogP contribution in [0.25, 0.3) is 0 Å². The molecule has 1 aromatic heterocycles. The predicted octanol–water partition coefficient (Wildman–Crippen LogP) is 0.977. The van der Waals surface area contributed by atoms with Gasteiger partial charge in [-0.25, -0.2) is 0 Å². The molecule has 128 valence electrons. The quantitative estimate of drug-likeness (QED) is 0.832. The number of hydrogen-bond donors (Lipinski definition) is 0. The molecule has 2 atom stereocenters. The molecule has 6 heteroatoms. The summed E-state index contributed by atoms with van der Waals surface area (Å²) >= 11 is 0. The molecular weight excluding hydrogens is 294 g/mol. The molecule has 1 aromatic rings. The molecule has 6 nitrogen and oxygen atoms in total. The van der Waals surface area contributed by atoms with E-state index in [1.807, 2.05) is 34.8 Å². The van der Waals surface area contributed by atoms with Gasteiger partial charge in [0.1, 0.15) is 11.3 Å². The molecule has 0 saturated carbocycles. The van der Waals surface area contributed by atoms with Crippen molar-refractivity contribution < 1.29 is 14.3 Å². The van der Waals surface area contributed by atoms with Crippen molar-refractivity contribution in [2.45, 2.75) is 24.5 Å². The zero-order chi connectivity index (χ0) is 16.4. The number of rotatable bonds is 3. The number of nitrogens with zero attached hydrogens (tertiary/aromatic N) is 3. The van der Waals surface area contributed by atoms with Gasteiger partial charge in [-0.2, -0.15) is 0 Å². The van der Waals surface area contributed by atoms with Crippen LogP contribution in [0, 0.1) is 0 Å². The Morgan fingerprint density at radius 2 is 2.30 bits per heavy atom. The summed E-state index contributed by atoms with van der Waals surface area (Å²) in [5.41, 5.74) is 0.364. The number of amides is 1. The molecular formula is C17H27N3O3. The molecule has 1 amide bonds. The van der Waals surface area contributed by atoms with Gasteiger partial charge in [-0.15, -0.1) is 0 Å². The molecule has 2 saturated heterocycles. The maximum Gasteiger partial charge on any atom is 0.270 e. The molecule has 0 radical (unpaired) electrons. The second-order valence-corrected chi connectivity index (χ2v) is 7.01. The standard InChI is InChI=1S/C17H27N3O3/c1-18(2)11-14-6-7-17(23-14)12-20(9-10-22-13-17)16(21)15-5-4-8-19(15)3/h4-5,8,14H,6-7,9-13H2,1-3H3/t14-,17-/m0/s1. The SMILES string of the molecule is CN(C)C[C@@H]1CC[C@]2(COCCN(C(=O)c3cccn3C)C2)O1. The minimum atomic E-state index is -0.349. The largest absolute Gasteiger partial charge is 0.377 e. The summed E-state index contributed by atoms with van der Waals surface area (Å²) in [6.45, 7) is 3.29. The van der Waals surface area contributed by atoms with Crippen molar-refractivity contribution in [3.8, 4) is 0 Å². The maximum absolute atomic E-state index is 12.8. The van der Waals surface area contributed by atoms with E-state index >= 15 is 0 Å². The molecule has 23 heavy (non-hydrogen) atoms. The third kappa shape index (κ3) is 3.59. The number of hydrogen-bond acceptors (Lipinski definition) is 4. The van der Waals surface area contributed by atoms with Crippen molar-refractivity contribution in [3.05, 3.63) is 24.0 Å². The van der Waals surface area contributed by atoms with Crippen LogP contribution in [0.2, 0.25) is 0 Å². The highest BCUT2D eigenvalue weighted by Crippen LogP contribution is 2.33. The lowest BCUT2D eigenvalue weighted by Gasteiger charge is -2.32. The van der Waals surface area contributed by atoms with Crippen LogP contribution >= 0.6 is 0 Å². The highest BCUT2D eigenvalue weighted by Gasteiger charge is 2.44. The Labute approximate surface area is 137 Å². The van der Waals surface area contributed by atoms with Crippen LogP contribution in [0.1, 0.15) is 23.3 Å². The van der Waals surface area contributed by atoms with Crippen LogP contribution in [-0.4, -0.2) is 78.9 Å². The molecule has 2 aliphatic rings. The Bertz CT molecular complexity index is 557. The van der Waals surface area contributed by atoms with Crippen molar-refractivity contribution in [1.29, 1.82) is 0 Å². The number of aryl methyl sites for hydroxylation is 1. The minimum Gasteiger partial charge on any atom is -0.377 e. The number of likely N-dealkylation sites (N-methyl/N-ethyl adjacent to an activating group) is 1. The second-order valence-electron chi connectivity index (χ2n) is 7.01. The van der Waals surface area contributed by atoms with E-state index in [1.165, 1.54) is 0 Å². The summed E-state index contributed by atoms with van der Waals surface area (Å²) in [6, 6.07) is 3.77. The molecule has 0 aliphatic carbocycles. The van der Waals surface area contributed by atoms with Crippen LogP contribution in [-0.2, 0) is 16.5 Å². The Hall–Kier alpha value is -1.37. The minimum absolute atomic E-state index is 0.0574. The first kappa shape index (κ1) is 16.5. The average molecular weight is 321 g/mol. The molecule has 3 rings (SSSR count). The first-order valence-corrected chi connectivity index (χ1v) is 8.30. The fourth-order valence-corrected chi connectivity index (χ4v) is 3.58. The zero-order valence-electron chi connectivity index (χ0n) is 14.3. The Kier molecular flexibility index (Phi) is 4.75. The molecule has 0 aromatic carbocycles. The monoisotopic (exact) mass is 321 g/mol. The van der Waals surface area contributed by atoms with Crippen molar-refractivity contribution >= 4 is 5.91 Å². The van der Waals surface area contributed by atoms with Gasteiger partial charge in [-0.05, 0) is 39.1 Å². The average Bonchev–Trinajstić information content (AvgIpc) is 3.01. The Morgan fingerprint density at radius 1 is 1.48 bits per heavy atom. The smallest absolute Gasteiger partial charge is 0.270 e. The van der Waals surface area contributed by atoms with E-state index in [0.29, 0.717) is 32.0 Å². The fourth-order valence-electron chi connectivity index (χ4n) is 3.58. The Morgan fingerprint density at radius 3 is 3.00 bits per heavy atom. The lowest BCUT2D eigenvalue weighted by molar-refractivity contribution is -0.0878. The normalized spacial score (nSPS) is 28.5. The van der Waals surface area contributed by atoms with Gasteiger partial charge in [0.15, 0.2) is 0 Å². The van der Waals surface area contributed by atoms with Crippen LogP contribution < -0.4 is 0 Å². The van der Waals surface area contributed by atoms with E-state index in [0.717, 1.165) is 19.4 Å². The molecule has 3 heterocycles. The molecule has 0 bridgehead atoms. The van der Waals surface area contributed by atoms with Gasteiger partial charge in [-0.3, -0.25) is 4.79 Å². The lowest BCUT2D eigenvalue weighted by atomic mass is 10.00. The number of ether oxygens (including phenoxy) is 2. The van der Waals surface area contributed by atoms with Gasteiger partial charge in [0.2, 0.25) is 0 Å². The third-order valence-corrected chi connectivity index (χ3v) is 4.71. The summed E-state index contributed by atoms with van der Waals surface area (Å²) < 4.78 is 14.0.